The predicted molar refractivity (Wildman–Crippen MR) is 70.1 cm³/mol. The van der Waals surface area contributed by atoms with Crippen molar-refractivity contribution in [2.24, 2.45) is 11.7 Å². The normalized spacial score (nSPS) is 23.9. The van der Waals surface area contributed by atoms with E-state index in [0.717, 1.165) is 25.2 Å². The summed E-state index contributed by atoms with van der Waals surface area (Å²) in [5.41, 5.74) is 7.75. The van der Waals surface area contributed by atoms with Gasteiger partial charge in [0.05, 0.1) is 12.7 Å². The Morgan fingerprint density at radius 3 is 2.83 bits per heavy atom. The Morgan fingerprint density at radius 1 is 1.50 bits per heavy atom. The standard InChI is InChI=1S/C14H19N3O/c1-10-7-17(9-13(10)16)8-11-3-4-12(6-15)14(5-11)18-2/h3-5,10,13H,7-9,16H2,1-2H3. The Labute approximate surface area is 108 Å². The van der Waals surface area contributed by atoms with Crippen LogP contribution in [0.25, 0.3) is 0 Å². The van der Waals surface area contributed by atoms with Gasteiger partial charge in [0, 0.05) is 25.7 Å². The fourth-order valence-corrected chi connectivity index (χ4v) is 2.41. The Morgan fingerprint density at radius 2 is 2.28 bits per heavy atom. The van der Waals surface area contributed by atoms with E-state index in [0.29, 0.717) is 17.2 Å². The first kappa shape index (κ1) is 12.9. The van der Waals surface area contributed by atoms with Crippen LogP contribution in [-0.4, -0.2) is 31.1 Å². The molecule has 0 saturated carbocycles. The third-order valence-electron chi connectivity index (χ3n) is 3.54. The van der Waals surface area contributed by atoms with Gasteiger partial charge in [0.15, 0.2) is 0 Å². The van der Waals surface area contributed by atoms with Gasteiger partial charge in [0.1, 0.15) is 11.8 Å². The summed E-state index contributed by atoms with van der Waals surface area (Å²) in [4.78, 5) is 2.34. The fraction of sp³-hybridized carbons (Fsp3) is 0.500. The summed E-state index contributed by atoms with van der Waals surface area (Å²) < 4.78 is 5.22. The van der Waals surface area contributed by atoms with Crippen molar-refractivity contribution < 1.29 is 4.74 Å². The van der Waals surface area contributed by atoms with Crippen LogP contribution in [0.2, 0.25) is 0 Å². The van der Waals surface area contributed by atoms with E-state index in [1.54, 1.807) is 7.11 Å². The molecule has 2 unspecified atom stereocenters. The molecule has 2 rings (SSSR count). The van der Waals surface area contributed by atoms with Crippen LogP contribution in [0.5, 0.6) is 5.75 Å². The van der Waals surface area contributed by atoms with Crippen molar-refractivity contribution >= 4 is 0 Å². The summed E-state index contributed by atoms with van der Waals surface area (Å²) in [5, 5.41) is 8.94. The van der Waals surface area contributed by atoms with E-state index in [1.165, 1.54) is 0 Å². The molecular formula is C14H19N3O. The van der Waals surface area contributed by atoms with E-state index in [4.69, 9.17) is 15.7 Å². The molecule has 0 spiro atoms. The number of nitrogens with two attached hydrogens (primary N) is 1. The largest absolute Gasteiger partial charge is 0.495 e. The van der Waals surface area contributed by atoms with Crippen LogP contribution < -0.4 is 10.5 Å². The molecule has 1 heterocycles. The zero-order valence-corrected chi connectivity index (χ0v) is 10.9. The average Bonchev–Trinajstić information content (AvgIpc) is 2.68. The minimum absolute atomic E-state index is 0.269. The lowest BCUT2D eigenvalue weighted by atomic mass is 10.1. The number of hydrogen-bond acceptors (Lipinski definition) is 4. The Hall–Kier alpha value is -1.57. The number of rotatable bonds is 3. The topological polar surface area (TPSA) is 62.3 Å². The predicted octanol–water partition coefficient (Wildman–Crippen LogP) is 1.35. The molecule has 0 bridgehead atoms. The van der Waals surface area contributed by atoms with Crippen molar-refractivity contribution in [1.82, 2.24) is 4.90 Å². The van der Waals surface area contributed by atoms with Gasteiger partial charge in [-0.05, 0) is 23.6 Å². The average molecular weight is 245 g/mol. The second-order valence-corrected chi connectivity index (χ2v) is 4.98. The van der Waals surface area contributed by atoms with Gasteiger partial charge in [-0.15, -0.1) is 0 Å². The zero-order chi connectivity index (χ0) is 13.1. The second-order valence-electron chi connectivity index (χ2n) is 4.98. The molecule has 0 aromatic heterocycles. The highest BCUT2D eigenvalue weighted by Gasteiger charge is 2.26. The van der Waals surface area contributed by atoms with E-state index < -0.39 is 0 Å². The molecular weight excluding hydrogens is 226 g/mol. The van der Waals surface area contributed by atoms with Crippen molar-refractivity contribution in [3.05, 3.63) is 29.3 Å². The van der Waals surface area contributed by atoms with E-state index in [1.807, 2.05) is 18.2 Å². The van der Waals surface area contributed by atoms with E-state index in [9.17, 15) is 0 Å². The molecule has 2 atom stereocenters. The molecule has 1 aromatic carbocycles. The zero-order valence-electron chi connectivity index (χ0n) is 10.9. The molecule has 1 aliphatic heterocycles. The summed E-state index contributed by atoms with van der Waals surface area (Å²) in [6.07, 6.45) is 0. The van der Waals surface area contributed by atoms with Crippen molar-refractivity contribution in [1.29, 1.82) is 5.26 Å². The maximum atomic E-state index is 8.94. The van der Waals surface area contributed by atoms with Gasteiger partial charge >= 0.3 is 0 Å². The smallest absolute Gasteiger partial charge is 0.136 e. The number of likely N-dealkylation sites (tertiary alicyclic amines) is 1. The number of benzene rings is 1. The quantitative estimate of drug-likeness (QED) is 0.873. The van der Waals surface area contributed by atoms with Gasteiger partial charge in [-0.1, -0.05) is 13.0 Å². The van der Waals surface area contributed by atoms with Crippen molar-refractivity contribution in [2.75, 3.05) is 20.2 Å². The molecule has 1 aliphatic rings. The van der Waals surface area contributed by atoms with Crippen LogP contribution in [-0.2, 0) is 6.54 Å². The molecule has 96 valence electrons. The number of nitrogens with zero attached hydrogens (tertiary/aromatic N) is 2. The van der Waals surface area contributed by atoms with Crippen LogP contribution in [0.4, 0.5) is 0 Å². The highest BCUT2D eigenvalue weighted by Crippen LogP contribution is 2.22. The van der Waals surface area contributed by atoms with E-state index in [-0.39, 0.29) is 6.04 Å². The SMILES string of the molecule is COc1cc(CN2CC(C)C(N)C2)ccc1C#N. The minimum Gasteiger partial charge on any atom is -0.495 e. The lowest BCUT2D eigenvalue weighted by Crippen LogP contribution is -2.28. The maximum absolute atomic E-state index is 8.94. The molecule has 1 aromatic rings. The molecule has 0 amide bonds. The van der Waals surface area contributed by atoms with Crippen LogP contribution in [0.3, 0.4) is 0 Å². The molecule has 4 heteroatoms. The van der Waals surface area contributed by atoms with Gasteiger partial charge in [0.2, 0.25) is 0 Å². The van der Waals surface area contributed by atoms with Gasteiger partial charge in [-0.2, -0.15) is 5.26 Å². The van der Waals surface area contributed by atoms with Gasteiger partial charge in [-0.25, -0.2) is 0 Å². The summed E-state index contributed by atoms with van der Waals surface area (Å²) in [6, 6.07) is 8.12. The molecule has 4 nitrogen and oxygen atoms in total. The Balaban J connectivity index is 2.09. The first-order chi connectivity index (χ1) is 8.63. The van der Waals surface area contributed by atoms with Crippen molar-refractivity contribution in [3.63, 3.8) is 0 Å². The van der Waals surface area contributed by atoms with Gasteiger partial charge < -0.3 is 10.5 Å². The number of methoxy groups -OCH3 is 1. The summed E-state index contributed by atoms with van der Waals surface area (Å²) in [6.45, 7) is 5.01. The monoisotopic (exact) mass is 245 g/mol. The van der Waals surface area contributed by atoms with Crippen LogP contribution >= 0.6 is 0 Å². The first-order valence-electron chi connectivity index (χ1n) is 6.19. The Kier molecular flexibility index (Phi) is 3.85. The van der Waals surface area contributed by atoms with Gasteiger partial charge in [0.25, 0.3) is 0 Å². The fourth-order valence-electron chi connectivity index (χ4n) is 2.41. The third-order valence-corrected chi connectivity index (χ3v) is 3.54. The minimum atomic E-state index is 0.269. The van der Waals surface area contributed by atoms with Crippen LogP contribution in [0.1, 0.15) is 18.1 Å². The number of hydrogen-bond donors (Lipinski definition) is 1. The molecule has 1 fully saturated rings. The highest BCUT2D eigenvalue weighted by molar-refractivity contribution is 5.45. The lowest BCUT2D eigenvalue weighted by molar-refractivity contribution is 0.318. The molecule has 0 radical (unpaired) electrons. The van der Waals surface area contributed by atoms with Crippen LogP contribution in [0, 0.1) is 17.2 Å². The summed E-state index contributed by atoms with van der Waals surface area (Å²) in [7, 11) is 1.59. The summed E-state index contributed by atoms with van der Waals surface area (Å²) in [5.74, 6) is 1.19. The maximum Gasteiger partial charge on any atom is 0.136 e. The van der Waals surface area contributed by atoms with Gasteiger partial charge in [-0.3, -0.25) is 4.90 Å². The van der Waals surface area contributed by atoms with Crippen molar-refractivity contribution in [2.45, 2.75) is 19.5 Å². The third kappa shape index (κ3) is 2.63. The Bertz CT molecular complexity index is 457. The molecule has 18 heavy (non-hydrogen) atoms. The van der Waals surface area contributed by atoms with E-state index >= 15 is 0 Å². The van der Waals surface area contributed by atoms with E-state index in [2.05, 4.69) is 17.9 Å². The second kappa shape index (κ2) is 5.38. The molecule has 2 N–H and O–H groups in total. The highest BCUT2D eigenvalue weighted by atomic mass is 16.5. The first-order valence-corrected chi connectivity index (χ1v) is 6.19. The molecule has 0 aliphatic carbocycles. The lowest BCUT2D eigenvalue weighted by Gasteiger charge is -2.16. The number of ether oxygens (including phenoxy) is 1. The van der Waals surface area contributed by atoms with Crippen molar-refractivity contribution in [3.8, 4) is 11.8 Å². The summed E-state index contributed by atoms with van der Waals surface area (Å²) >= 11 is 0. The molecule has 1 saturated heterocycles. The number of nitriles is 1. The van der Waals surface area contributed by atoms with Crippen LogP contribution in [0.15, 0.2) is 18.2 Å².